The third-order valence-corrected chi connectivity index (χ3v) is 6.34. The van der Waals surface area contributed by atoms with Crippen molar-refractivity contribution in [2.24, 2.45) is 0 Å². The molecule has 4 N–H and O–H groups in total. The number of halogens is 1. The van der Waals surface area contributed by atoms with Crippen molar-refractivity contribution >= 4 is 43.4 Å². The summed E-state index contributed by atoms with van der Waals surface area (Å²) in [6.07, 6.45) is 1.82. The van der Waals surface area contributed by atoms with Gasteiger partial charge in [-0.3, -0.25) is 0 Å². The van der Waals surface area contributed by atoms with Crippen LogP contribution in [-0.4, -0.2) is 37.7 Å². The lowest BCUT2D eigenvalue weighted by atomic mass is 10.3. The molecule has 108 valence electrons. The number of hydrogen-bond donors (Lipinski definition) is 3. The standard InChI is InChI=1S/C11H17BrN2O3S2/c1-7(10(6-15)18-2)14-19(16,17)11-5-8(13)3-4-9(11)12/h3-5,7,10,14-15H,6,13H2,1-2H3. The largest absolute Gasteiger partial charge is 0.399 e. The smallest absolute Gasteiger partial charge is 0.242 e. The summed E-state index contributed by atoms with van der Waals surface area (Å²) in [7, 11) is -3.68. The van der Waals surface area contributed by atoms with Crippen LogP contribution in [0.4, 0.5) is 5.69 Å². The van der Waals surface area contributed by atoms with Gasteiger partial charge in [0.2, 0.25) is 10.0 Å². The van der Waals surface area contributed by atoms with Gasteiger partial charge in [-0.25, -0.2) is 13.1 Å². The fourth-order valence-electron chi connectivity index (χ4n) is 1.55. The van der Waals surface area contributed by atoms with Gasteiger partial charge in [-0.2, -0.15) is 11.8 Å². The second kappa shape index (κ2) is 6.94. The molecule has 0 aliphatic carbocycles. The van der Waals surface area contributed by atoms with E-state index in [0.717, 1.165) is 0 Å². The minimum absolute atomic E-state index is 0.0943. The molecule has 0 radical (unpaired) electrons. The van der Waals surface area contributed by atoms with Crippen LogP contribution in [0.2, 0.25) is 0 Å². The number of rotatable bonds is 6. The van der Waals surface area contributed by atoms with E-state index in [1.54, 1.807) is 19.1 Å². The van der Waals surface area contributed by atoms with Crippen molar-refractivity contribution in [2.45, 2.75) is 23.1 Å². The Kier molecular flexibility index (Phi) is 6.13. The molecule has 0 bridgehead atoms. The van der Waals surface area contributed by atoms with Crippen molar-refractivity contribution in [3.8, 4) is 0 Å². The highest BCUT2D eigenvalue weighted by Gasteiger charge is 2.24. The Balaban J connectivity index is 3.01. The normalized spacial score (nSPS) is 15.2. The number of nitrogens with one attached hydrogen (secondary N) is 1. The summed E-state index contributed by atoms with van der Waals surface area (Å²) in [6, 6.07) is 4.21. The Morgan fingerprint density at radius 1 is 1.53 bits per heavy atom. The highest BCUT2D eigenvalue weighted by molar-refractivity contribution is 9.10. The molecule has 0 saturated carbocycles. The van der Waals surface area contributed by atoms with Crippen LogP contribution in [0.1, 0.15) is 6.92 Å². The molecule has 0 amide bonds. The molecule has 0 spiro atoms. The number of aliphatic hydroxyl groups excluding tert-OH is 1. The van der Waals surface area contributed by atoms with Gasteiger partial charge in [-0.05, 0) is 47.3 Å². The molecule has 8 heteroatoms. The first-order valence-electron chi connectivity index (χ1n) is 5.53. The Morgan fingerprint density at radius 3 is 2.68 bits per heavy atom. The van der Waals surface area contributed by atoms with Crippen LogP contribution in [0.3, 0.4) is 0 Å². The van der Waals surface area contributed by atoms with Crippen molar-refractivity contribution < 1.29 is 13.5 Å². The van der Waals surface area contributed by atoms with Crippen molar-refractivity contribution in [2.75, 3.05) is 18.6 Å². The molecule has 19 heavy (non-hydrogen) atoms. The lowest BCUT2D eigenvalue weighted by molar-refractivity contribution is 0.282. The number of aliphatic hydroxyl groups is 1. The monoisotopic (exact) mass is 368 g/mol. The highest BCUT2D eigenvalue weighted by Crippen LogP contribution is 2.25. The van der Waals surface area contributed by atoms with E-state index in [2.05, 4.69) is 20.7 Å². The average Bonchev–Trinajstić information content (AvgIpc) is 2.33. The van der Waals surface area contributed by atoms with Gasteiger partial charge in [0.1, 0.15) is 0 Å². The Labute approximate surface area is 126 Å². The molecule has 2 atom stereocenters. The first-order chi connectivity index (χ1) is 8.81. The summed E-state index contributed by atoms with van der Waals surface area (Å²) >= 11 is 4.61. The minimum atomic E-state index is -3.68. The predicted octanol–water partition coefficient (Wildman–Crippen LogP) is 1.42. The zero-order valence-electron chi connectivity index (χ0n) is 10.6. The quantitative estimate of drug-likeness (QED) is 0.660. The molecule has 2 unspecified atom stereocenters. The van der Waals surface area contributed by atoms with E-state index in [4.69, 9.17) is 5.73 Å². The number of sulfonamides is 1. The number of nitrogen functional groups attached to an aromatic ring is 1. The predicted molar refractivity (Wildman–Crippen MR) is 82.7 cm³/mol. The number of benzene rings is 1. The topological polar surface area (TPSA) is 92.4 Å². The lowest BCUT2D eigenvalue weighted by Gasteiger charge is -2.21. The van der Waals surface area contributed by atoms with Crippen LogP contribution in [0.15, 0.2) is 27.6 Å². The van der Waals surface area contributed by atoms with E-state index in [1.165, 1.54) is 17.8 Å². The maximum Gasteiger partial charge on any atom is 0.242 e. The van der Waals surface area contributed by atoms with E-state index in [0.29, 0.717) is 10.2 Å². The maximum absolute atomic E-state index is 12.3. The summed E-state index contributed by atoms with van der Waals surface area (Å²) in [5, 5.41) is 8.98. The Hall–Kier alpha value is -0.280. The third kappa shape index (κ3) is 4.35. The molecule has 0 saturated heterocycles. The summed E-state index contributed by atoms with van der Waals surface area (Å²) in [6.45, 7) is 1.62. The highest BCUT2D eigenvalue weighted by atomic mass is 79.9. The molecule has 0 fully saturated rings. The Morgan fingerprint density at radius 2 is 2.16 bits per heavy atom. The van der Waals surface area contributed by atoms with Gasteiger partial charge in [0.25, 0.3) is 0 Å². The molecule has 0 heterocycles. The first kappa shape index (κ1) is 16.8. The summed E-state index contributed by atoms with van der Waals surface area (Å²) in [4.78, 5) is 0.0946. The van der Waals surface area contributed by atoms with Crippen molar-refractivity contribution in [1.29, 1.82) is 0 Å². The van der Waals surface area contributed by atoms with Gasteiger partial charge >= 0.3 is 0 Å². The van der Waals surface area contributed by atoms with Crippen molar-refractivity contribution in [3.05, 3.63) is 22.7 Å². The van der Waals surface area contributed by atoms with Crippen LogP contribution >= 0.6 is 27.7 Å². The molecule has 1 rings (SSSR count). The number of hydrogen-bond acceptors (Lipinski definition) is 5. The second-order valence-corrected chi connectivity index (χ2v) is 7.67. The van der Waals surface area contributed by atoms with Gasteiger partial charge < -0.3 is 10.8 Å². The van der Waals surface area contributed by atoms with Crippen LogP contribution in [-0.2, 0) is 10.0 Å². The van der Waals surface area contributed by atoms with Crippen LogP contribution in [0, 0.1) is 0 Å². The van der Waals surface area contributed by atoms with Gasteiger partial charge in [-0.15, -0.1) is 0 Å². The van der Waals surface area contributed by atoms with Crippen LogP contribution < -0.4 is 10.5 Å². The molecule has 1 aromatic carbocycles. The van der Waals surface area contributed by atoms with Gasteiger partial charge in [0, 0.05) is 21.5 Å². The summed E-state index contributed by atoms with van der Waals surface area (Å²) in [5.74, 6) is 0. The van der Waals surface area contributed by atoms with Crippen LogP contribution in [0.5, 0.6) is 0 Å². The molecule has 0 aliphatic rings. The molecular formula is C11H17BrN2O3S2. The van der Waals surface area contributed by atoms with Crippen molar-refractivity contribution in [3.63, 3.8) is 0 Å². The fourth-order valence-corrected chi connectivity index (χ4v) is 4.54. The second-order valence-electron chi connectivity index (χ2n) is 4.06. The summed E-state index contributed by atoms with van der Waals surface area (Å²) < 4.78 is 27.5. The Bertz CT molecular complexity index is 533. The minimum Gasteiger partial charge on any atom is -0.399 e. The van der Waals surface area contributed by atoms with E-state index < -0.39 is 16.1 Å². The molecule has 0 aliphatic heterocycles. The molecule has 0 aromatic heterocycles. The van der Waals surface area contributed by atoms with Crippen LogP contribution in [0.25, 0.3) is 0 Å². The van der Waals surface area contributed by atoms with Gasteiger partial charge in [0.15, 0.2) is 0 Å². The zero-order chi connectivity index (χ0) is 14.6. The maximum atomic E-state index is 12.3. The molecular weight excluding hydrogens is 352 g/mol. The fraction of sp³-hybridized carbons (Fsp3) is 0.455. The van der Waals surface area contributed by atoms with E-state index >= 15 is 0 Å². The van der Waals surface area contributed by atoms with Gasteiger partial charge in [0.05, 0.1) is 11.5 Å². The van der Waals surface area contributed by atoms with Crippen molar-refractivity contribution in [1.82, 2.24) is 4.72 Å². The van der Waals surface area contributed by atoms with E-state index in [1.807, 2.05) is 6.26 Å². The number of nitrogens with two attached hydrogens (primary N) is 1. The average molecular weight is 369 g/mol. The van der Waals surface area contributed by atoms with E-state index in [-0.39, 0.29) is 16.8 Å². The molecule has 1 aromatic rings. The van der Waals surface area contributed by atoms with E-state index in [9.17, 15) is 13.5 Å². The third-order valence-electron chi connectivity index (χ3n) is 2.63. The SMILES string of the molecule is CSC(CO)C(C)NS(=O)(=O)c1cc(N)ccc1Br. The lowest BCUT2D eigenvalue weighted by Crippen LogP contribution is -2.41. The zero-order valence-corrected chi connectivity index (χ0v) is 13.8. The molecule has 5 nitrogen and oxygen atoms in total. The summed E-state index contributed by atoms with van der Waals surface area (Å²) in [5.41, 5.74) is 5.98. The first-order valence-corrected chi connectivity index (χ1v) is 9.09. The number of anilines is 1. The van der Waals surface area contributed by atoms with Gasteiger partial charge in [-0.1, -0.05) is 0 Å². The number of thioether (sulfide) groups is 1.